The monoisotopic (exact) mass is 431 g/mol. The highest BCUT2D eigenvalue weighted by atomic mass is 15.3. The van der Waals surface area contributed by atoms with Gasteiger partial charge in [0, 0.05) is 48.3 Å². The third kappa shape index (κ3) is 4.16. The van der Waals surface area contributed by atoms with Crippen molar-refractivity contribution in [2.24, 2.45) is 0 Å². The summed E-state index contributed by atoms with van der Waals surface area (Å²) in [5.41, 5.74) is 7.78. The Hall–Kier alpha value is -2.37. The molecule has 2 aromatic heterocycles. The molecule has 0 atom stereocenters. The third-order valence-corrected chi connectivity index (χ3v) is 7.31. The number of nitrogens with one attached hydrogen (secondary N) is 2. The summed E-state index contributed by atoms with van der Waals surface area (Å²) in [5, 5.41) is 4.89. The number of hydrogen-bond acceptors (Lipinski definition) is 4. The number of anilines is 1. The average molecular weight is 432 g/mol. The van der Waals surface area contributed by atoms with E-state index in [0.717, 1.165) is 50.8 Å². The van der Waals surface area contributed by atoms with Crippen LogP contribution in [0.25, 0.3) is 22.2 Å². The maximum absolute atomic E-state index is 4.90. The van der Waals surface area contributed by atoms with Gasteiger partial charge >= 0.3 is 0 Å². The largest absolute Gasteiger partial charge is 0.354 e. The summed E-state index contributed by atoms with van der Waals surface area (Å²) < 4.78 is 0. The zero-order chi connectivity index (χ0) is 22.2. The van der Waals surface area contributed by atoms with Gasteiger partial charge in [0.15, 0.2) is 0 Å². The number of aromatic amines is 1. The number of fused-ring (bicyclic) bond motifs is 1. The Bertz CT molecular complexity index is 1080. The van der Waals surface area contributed by atoms with E-state index in [2.05, 4.69) is 78.3 Å². The van der Waals surface area contributed by atoms with Crippen LogP contribution in [0, 0.1) is 6.92 Å². The molecule has 0 bridgehead atoms. The molecule has 32 heavy (non-hydrogen) atoms. The van der Waals surface area contributed by atoms with Crippen LogP contribution in [0.2, 0.25) is 0 Å². The molecule has 5 heteroatoms. The van der Waals surface area contributed by atoms with E-state index in [1.807, 2.05) is 0 Å². The molecule has 2 N–H and O–H groups in total. The minimum Gasteiger partial charge on any atom is -0.354 e. The maximum atomic E-state index is 4.90. The first-order valence-electron chi connectivity index (χ1n) is 12.3. The lowest BCUT2D eigenvalue weighted by molar-refractivity contribution is 0.312. The summed E-state index contributed by atoms with van der Waals surface area (Å²) in [4.78, 5) is 13.5. The molecule has 0 spiro atoms. The number of benzene rings is 1. The van der Waals surface area contributed by atoms with Gasteiger partial charge in [-0.05, 0) is 87.1 Å². The van der Waals surface area contributed by atoms with Crippen LogP contribution in [-0.2, 0) is 0 Å². The standard InChI is InChI=1S/C27H37N5/c1-18(2)26-23-16-21(20-7-9-28-10-8-20)5-6-24(23)30-27(26)22-15-19(3)29-25(17-22)32-13-11-31(4)12-14-32/h5-6,15-18,20,28,30H,7-14H2,1-4H3. The zero-order valence-corrected chi connectivity index (χ0v) is 20.0. The molecule has 0 aliphatic carbocycles. The lowest BCUT2D eigenvalue weighted by atomic mass is 9.88. The van der Waals surface area contributed by atoms with Gasteiger partial charge < -0.3 is 20.1 Å². The van der Waals surface area contributed by atoms with Crippen molar-refractivity contribution in [3.05, 3.63) is 47.2 Å². The Morgan fingerprint density at radius 2 is 1.75 bits per heavy atom. The Balaban J connectivity index is 1.57. The van der Waals surface area contributed by atoms with Crippen molar-refractivity contribution in [3.63, 3.8) is 0 Å². The Kier molecular flexibility index (Phi) is 5.95. The predicted octanol–water partition coefficient (Wildman–Crippen LogP) is 4.88. The van der Waals surface area contributed by atoms with E-state index in [1.54, 1.807) is 0 Å². The Morgan fingerprint density at radius 1 is 1.00 bits per heavy atom. The van der Waals surface area contributed by atoms with Crippen LogP contribution in [0.1, 0.15) is 55.3 Å². The van der Waals surface area contributed by atoms with Crippen molar-refractivity contribution in [1.29, 1.82) is 0 Å². The molecule has 3 aromatic rings. The average Bonchev–Trinajstić information content (AvgIpc) is 3.19. The van der Waals surface area contributed by atoms with Crippen molar-refractivity contribution >= 4 is 16.7 Å². The quantitative estimate of drug-likeness (QED) is 0.618. The topological polar surface area (TPSA) is 47.2 Å². The highest BCUT2D eigenvalue weighted by molar-refractivity contribution is 5.92. The molecule has 0 unspecified atom stereocenters. The van der Waals surface area contributed by atoms with Gasteiger partial charge in [0.2, 0.25) is 0 Å². The molecule has 0 saturated carbocycles. The molecule has 2 saturated heterocycles. The van der Waals surface area contributed by atoms with Gasteiger partial charge in [-0.1, -0.05) is 19.9 Å². The lowest BCUT2D eigenvalue weighted by Gasteiger charge is -2.33. The van der Waals surface area contributed by atoms with E-state index in [-0.39, 0.29) is 0 Å². The van der Waals surface area contributed by atoms with E-state index in [4.69, 9.17) is 4.98 Å². The molecule has 5 nitrogen and oxygen atoms in total. The van der Waals surface area contributed by atoms with Crippen molar-refractivity contribution < 1.29 is 0 Å². The summed E-state index contributed by atoms with van der Waals surface area (Å²) in [7, 11) is 2.20. The van der Waals surface area contributed by atoms with Crippen LogP contribution in [-0.4, -0.2) is 61.2 Å². The van der Waals surface area contributed by atoms with Crippen molar-refractivity contribution in [2.75, 3.05) is 51.2 Å². The van der Waals surface area contributed by atoms with Crippen LogP contribution in [0.4, 0.5) is 5.82 Å². The van der Waals surface area contributed by atoms with Gasteiger partial charge in [0.05, 0.1) is 5.69 Å². The summed E-state index contributed by atoms with van der Waals surface area (Å²) in [6.45, 7) is 13.3. The fourth-order valence-electron chi connectivity index (χ4n) is 5.46. The molecule has 0 amide bonds. The van der Waals surface area contributed by atoms with Gasteiger partial charge in [-0.2, -0.15) is 0 Å². The predicted molar refractivity (Wildman–Crippen MR) is 135 cm³/mol. The van der Waals surface area contributed by atoms with E-state index >= 15 is 0 Å². The summed E-state index contributed by atoms with van der Waals surface area (Å²) in [5.74, 6) is 2.23. The lowest BCUT2D eigenvalue weighted by Crippen LogP contribution is -2.44. The Labute approximate surface area is 192 Å². The van der Waals surface area contributed by atoms with Crippen LogP contribution >= 0.6 is 0 Å². The van der Waals surface area contributed by atoms with Gasteiger partial charge in [-0.25, -0.2) is 4.98 Å². The van der Waals surface area contributed by atoms with Crippen LogP contribution in [0.5, 0.6) is 0 Å². The normalized spacial score (nSPS) is 18.7. The first-order chi connectivity index (χ1) is 15.5. The van der Waals surface area contributed by atoms with Crippen LogP contribution in [0.3, 0.4) is 0 Å². The number of H-pyrrole nitrogens is 1. The summed E-state index contributed by atoms with van der Waals surface area (Å²) in [6, 6.07) is 11.6. The molecule has 1 aromatic carbocycles. The highest BCUT2D eigenvalue weighted by Gasteiger charge is 2.22. The highest BCUT2D eigenvalue weighted by Crippen LogP contribution is 2.38. The molecular weight excluding hydrogens is 394 g/mol. The van der Waals surface area contributed by atoms with Crippen LogP contribution < -0.4 is 10.2 Å². The number of aryl methyl sites for hydroxylation is 1. The van der Waals surface area contributed by atoms with E-state index in [1.165, 1.54) is 46.1 Å². The van der Waals surface area contributed by atoms with E-state index in [0.29, 0.717) is 11.8 Å². The Morgan fingerprint density at radius 3 is 2.47 bits per heavy atom. The fourth-order valence-corrected chi connectivity index (χ4v) is 5.46. The zero-order valence-electron chi connectivity index (χ0n) is 20.0. The number of piperidine rings is 1. The van der Waals surface area contributed by atoms with Crippen LogP contribution in [0.15, 0.2) is 30.3 Å². The van der Waals surface area contributed by atoms with Gasteiger partial charge in [-0.15, -0.1) is 0 Å². The molecule has 5 rings (SSSR count). The molecule has 4 heterocycles. The molecule has 2 aliphatic heterocycles. The second kappa shape index (κ2) is 8.87. The minimum absolute atomic E-state index is 0.447. The molecule has 2 fully saturated rings. The third-order valence-electron chi connectivity index (χ3n) is 7.31. The second-order valence-corrected chi connectivity index (χ2v) is 10.0. The van der Waals surface area contributed by atoms with Gasteiger partial charge in [0.1, 0.15) is 5.82 Å². The molecule has 2 aliphatic rings. The molecule has 0 radical (unpaired) electrons. The maximum Gasteiger partial charge on any atom is 0.129 e. The number of pyridine rings is 1. The smallest absolute Gasteiger partial charge is 0.129 e. The molecule has 170 valence electrons. The van der Waals surface area contributed by atoms with Crippen molar-refractivity contribution in [2.45, 2.75) is 45.4 Å². The van der Waals surface area contributed by atoms with Crippen molar-refractivity contribution in [3.8, 4) is 11.3 Å². The first-order valence-corrected chi connectivity index (χ1v) is 12.3. The van der Waals surface area contributed by atoms with Crippen molar-refractivity contribution in [1.82, 2.24) is 20.2 Å². The number of aromatic nitrogens is 2. The number of piperazine rings is 1. The second-order valence-electron chi connectivity index (χ2n) is 10.0. The van der Waals surface area contributed by atoms with E-state index < -0.39 is 0 Å². The summed E-state index contributed by atoms with van der Waals surface area (Å²) >= 11 is 0. The SMILES string of the molecule is Cc1cc(-c2[nH]c3ccc(C4CCNCC4)cc3c2C(C)C)cc(N2CCN(C)CC2)n1. The summed E-state index contributed by atoms with van der Waals surface area (Å²) in [6.07, 6.45) is 2.47. The molecular formula is C27H37N5. The number of hydrogen-bond donors (Lipinski definition) is 2. The number of likely N-dealkylation sites (N-methyl/N-ethyl adjacent to an activating group) is 1. The number of rotatable bonds is 4. The van der Waals surface area contributed by atoms with Gasteiger partial charge in [-0.3, -0.25) is 0 Å². The van der Waals surface area contributed by atoms with E-state index in [9.17, 15) is 0 Å². The number of nitrogens with zero attached hydrogens (tertiary/aromatic N) is 3. The minimum atomic E-state index is 0.447. The van der Waals surface area contributed by atoms with Gasteiger partial charge in [0.25, 0.3) is 0 Å². The fraction of sp³-hybridized carbons (Fsp3) is 0.519. The first kappa shape index (κ1) is 21.5.